The number of hydrogen-bond acceptors (Lipinski definition) is 2. The first-order valence-corrected chi connectivity index (χ1v) is 5.40. The van der Waals surface area contributed by atoms with Crippen LogP contribution in [-0.4, -0.2) is 23.9 Å². The fourth-order valence-electron chi connectivity index (χ4n) is 1.89. The van der Waals surface area contributed by atoms with Crippen molar-refractivity contribution in [1.29, 1.82) is 0 Å². The van der Waals surface area contributed by atoms with Gasteiger partial charge in [-0.25, -0.2) is 0 Å². The van der Waals surface area contributed by atoms with E-state index in [2.05, 4.69) is 0 Å². The van der Waals surface area contributed by atoms with Crippen LogP contribution in [0, 0.1) is 5.92 Å². The van der Waals surface area contributed by atoms with E-state index >= 15 is 0 Å². The quantitative estimate of drug-likeness (QED) is 0.905. The molecule has 1 aliphatic carbocycles. The van der Waals surface area contributed by atoms with Crippen LogP contribution in [0.25, 0.3) is 0 Å². The molecule has 1 aliphatic rings. The number of alkyl halides is 3. The summed E-state index contributed by atoms with van der Waals surface area (Å²) < 4.78 is 40.9. The van der Waals surface area contributed by atoms with Gasteiger partial charge in [-0.15, -0.1) is 0 Å². The lowest BCUT2D eigenvalue weighted by Crippen LogP contribution is -2.19. The van der Waals surface area contributed by atoms with Crippen molar-refractivity contribution in [2.45, 2.75) is 18.5 Å². The number of halogens is 3. The molecule has 6 heteroatoms. The van der Waals surface area contributed by atoms with Gasteiger partial charge in [0.1, 0.15) is 5.75 Å². The summed E-state index contributed by atoms with van der Waals surface area (Å²) in [5.41, 5.74) is 0.536. The molecule has 0 aliphatic heterocycles. The molecule has 0 unspecified atom stereocenters. The number of carboxylic acid groups (broad SMARTS) is 1. The Balaban J connectivity index is 2.10. The minimum Gasteiger partial charge on any atom is -0.484 e. The summed E-state index contributed by atoms with van der Waals surface area (Å²) in [7, 11) is 0. The van der Waals surface area contributed by atoms with Gasteiger partial charge in [0.05, 0.1) is 5.92 Å². The highest BCUT2D eigenvalue weighted by Crippen LogP contribution is 2.50. The second-order valence-electron chi connectivity index (χ2n) is 4.23. The SMILES string of the molecule is O=C(O)[C@@H]1C[C@H]1c1ccccc1OCC(F)(F)F. The normalized spacial score (nSPS) is 22.6. The van der Waals surface area contributed by atoms with Crippen LogP contribution in [-0.2, 0) is 4.79 Å². The van der Waals surface area contributed by atoms with Gasteiger partial charge >= 0.3 is 12.1 Å². The predicted octanol–water partition coefficient (Wildman–Crippen LogP) is 2.82. The zero-order chi connectivity index (χ0) is 13.3. The molecule has 0 radical (unpaired) electrons. The Labute approximate surface area is 101 Å². The van der Waals surface area contributed by atoms with Crippen molar-refractivity contribution in [3.8, 4) is 5.75 Å². The second-order valence-corrected chi connectivity index (χ2v) is 4.23. The van der Waals surface area contributed by atoms with Gasteiger partial charge in [0.2, 0.25) is 0 Å². The topological polar surface area (TPSA) is 46.5 Å². The smallest absolute Gasteiger partial charge is 0.422 e. The van der Waals surface area contributed by atoms with Gasteiger partial charge in [0.15, 0.2) is 6.61 Å². The summed E-state index contributed by atoms with van der Waals surface area (Å²) in [5.74, 6) is -1.57. The Hall–Kier alpha value is -1.72. The third-order valence-electron chi connectivity index (χ3n) is 2.82. The zero-order valence-electron chi connectivity index (χ0n) is 9.28. The summed E-state index contributed by atoms with van der Waals surface area (Å²) in [4.78, 5) is 10.8. The molecule has 3 nitrogen and oxygen atoms in total. The maximum absolute atomic E-state index is 12.1. The lowest BCUT2D eigenvalue weighted by atomic mass is 10.1. The molecule has 1 fully saturated rings. The van der Waals surface area contributed by atoms with Crippen LogP contribution in [0.4, 0.5) is 13.2 Å². The van der Waals surface area contributed by atoms with Gasteiger partial charge < -0.3 is 9.84 Å². The highest BCUT2D eigenvalue weighted by Gasteiger charge is 2.45. The summed E-state index contributed by atoms with van der Waals surface area (Å²) in [6.45, 7) is -1.37. The molecule has 1 aromatic rings. The molecular formula is C12H11F3O3. The van der Waals surface area contributed by atoms with Crippen molar-refractivity contribution in [3.05, 3.63) is 29.8 Å². The molecule has 1 N–H and O–H groups in total. The van der Waals surface area contributed by atoms with Crippen LogP contribution < -0.4 is 4.74 Å². The van der Waals surface area contributed by atoms with Crippen molar-refractivity contribution in [2.24, 2.45) is 5.92 Å². The first-order chi connectivity index (χ1) is 8.38. The van der Waals surface area contributed by atoms with Crippen molar-refractivity contribution in [3.63, 3.8) is 0 Å². The average Bonchev–Trinajstić information content (AvgIpc) is 3.05. The molecular weight excluding hydrogens is 249 g/mol. The molecule has 0 aromatic heterocycles. The standard InChI is InChI=1S/C12H11F3O3/c13-12(14,15)6-18-10-4-2-1-3-7(10)8-5-9(8)11(16)17/h1-4,8-9H,5-6H2,(H,16,17)/t8-,9+/m0/s1. The van der Waals surface area contributed by atoms with Gasteiger partial charge in [-0.05, 0) is 18.1 Å². The van der Waals surface area contributed by atoms with Gasteiger partial charge in [0, 0.05) is 5.92 Å². The van der Waals surface area contributed by atoms with Crippen molar-refractivity contribution in [2.75, 3.05) is 6.61 Å². The molecule has 0 heterocycles. The van der Waals surface area contributed by atoms with E-state index in [0.29, 0.717) is 12.0 Å². The van der Waals surface area contributed by atoms with Crippen LogP contribution in [0.2, 0.25) is 0 Å². The van der Waals surface area contributed by atoms with Crippen LogP contribution in [0.15, 0.2) is 24.3 Å². The molecule has 0 spiro atoms. The largest absolute Gasteiger partial charge is 0.484 e. The second kappa shape index (κ2) is 4.51. The Bertz CT molecular complexity index is 456. The summed E-state index contributed by atoms with van der Waals surface area (Å²) in [5, 5.41) is 8.81. The molecule has 1 saturated carbocycles. The number of ether oxygens (including phenoxy) is 1. The van der Waals surface area contributed by atoms with Gasteiger partial charge in [-0.1, -0.05) is 18.2 Å². The molecule has 0 amide bonds. The zero-order valence-corrected chi connectivity index (χ0v) is 9.28. The average molecular weight is 260 g/mol. The van der Waals surface area contributed by atoms with Gasteiger partial charge in [-0.2, -0.15) is 13.2 Å². The van der Waals surface area contributed by atoms with Crippen molar-refractivity contribution >= 4 is 5.97 Å². The number of para-hydroxylation sites is 1. The number of rotatable bonds is 4. The van der Waals surface area contributed by atoms with E-state index in [-0.39, 0.29) is 11.7 Å². The van der Waals surface area contributed by atoms with Crippen LogP contribution in [0.5, 0.6) is 5.75 Å². The number of benzene rings is 1. The molecule has 0 bridgehead atoms. The fraction of sp³-hybridized carbons (Fsp3) is 0.417. The maximum Gasteiger partial charge on any atom is 0.422 e. The van der Waals surface area contributed by atoms with E-state index in [4.69, 9.17) is 9.84 Å². The van der Waals surface area contributed by atoms with Crippen LogP contribution in [0.1, 0.15) is 17.9 Å². The number of hydrogen-bond donors (Lipinski definition) is 1. The van der Waals surface area contributed by atoms with Crippen molar-refractivity contribution < 1.29 is 27.8 Å². The molecule has 2 rings (SSSR count). The van der Waals surface area contributed by atoms with Crippen LogP contribution >= 0.6 is 0 Å². The Morgan fingerprint density at radius 2 is 2.06 bits per heavy atom. The lowest BCUT2D eigenvalue weighted by molar-refractivity contribution is -0.153. The van der Waals surface area contributed by atoms with E-state index in [9.17, 15) is 18.0 Å². The highest BCUT2D eigenvalue weighted by molar-refractivity contribution is 5.75. The van der Waals surface area contributed by atoms with Crippen LogP contribution in [0.3, 0.4) is 0 Å². The lowest BCUT2D eigenvalue weighted by Gasteiger charge is -2.12. The van der Waals surface area contributed by atoms with E-state index in [1.165, 1.54) is 6.07 Å². The molecule has 1 aromatic carbocycles. The van der Waals surface area contributed by atoms with Crippen molar-refractivity contribution in [1.82, 2.24) is 0 Å². The minimum absolute atomic E-state index is 0.114. The molecule has 0 saturated heterocycles. The first kappa shape index (κ1) is 12.7. The maximum atomic E-state index is 12.1. The third kappa shape index (κ3) is 2.94. The van der Waals surface area contributed by atoms with E-state index in [0.717, 1.165) is 0 Å². The number of carbonyl (C=O) groups is 1. The van der Waals surface area contributed by atoms with E-state index in [1.807, 2.05) is 0 Å². The predicted molar refractivity (Wildman–Crippen MR) is 56.5 cm³/mol. The number of aliphatic carboxylic acids is 1. The first-order valence-electron chi connectivity index (χ1n) is 5.40. The summed E-state index contributed by atoms with van der Waals surface area (Å²) in [6, 6.07) is 6.26. The summed E-state index contributed by atoms with van der Waals surface area (Å²) >= 11 is 0. The Morgan fingerprint density at radius 3 is 2.61 bits per heavy atom. The molecule has 2 atom stereocenters. The number of carboxylic acids is 1. The fourth-order valence-corrected chi connectivity index (χ4v) is 1.89. The Kier molecular flexibility index (Phi) is 3.19. The third-order valence-corrected chi connectivity index (χ3v) is 2.82. The van der Waals surface area contributed by atoms with E-state index in [1.54, 1.807) is 18.2 Å². The Morgan fingerprint density at radius 1 is 1.39 bits per heavy atom. The summed E-state index contributed by atoms with van der Waals surface area (Å²) in [6.07, 6.45) is -3.95. The molecule has 18 heavy (non-hydrogen) atoms. The highest BCUT2D eigenvalue weighted by atomic mass is 19.4. The minimum atomic E-state index is -4.40. The van der Waals surface area contributed by atoms with E-state index < -0.39 is 24.7 Å². The van der Waals surface area contributed by atoms with Gasteiger partial charge in [0.25, 0.3) is 0 Å². The molecule has 98 valence electrons. The monoisotopic (exact) mass is 260 g/mol. The van der Waals surface area contributed by atoms with Gasteiger partial charge in [-0.3, -0.25) is 4.79 Å².